The molecule has 2 aromatic carbocycles. The first-order valence-electron chi connectivity index (χ1n) is 11.6. The van der Waals surface area contributed by atoms with Gasteiger partial charge in [-0.3, -0.25) is 4.99 Å². The Labute approximate surface area is 190 Å². The number of anilines is 1. The second-order valence-electron chi connectivity index (χ2n) is 7.97. The molecule has 1 aliphatic rings. The van der Waals surface area contributed by atoms with Crippen LogP contribution in [0, 0.1) is 0 Å². The maximum absolute atomic E-state index is 4.97. The smallest absolute Gasteiger partial charge is 0.194 e. The highest BCUT2D eigenvalue weighted by Crippen LogP contribution is 2.15. The third-order valence-corrected chi connectivity index (χ3v) is 5.85. The summed E-state index contributed by atoms with van der Waals surface area (Å²) in [5.41, 5.74) is 2.61. The van der Waals surface area contributed by atoms with Crippen LogP contribution in [0.15, 0.2) is 72.0 Å². The first kappa shape index (κ1) is 21.9. The molecule has 1 N–H and O–H groups in total. The molecule has 0 spiro atoms. The molecule has 1 fully saturated rings. The first-order valence-corrected chi connectivity index (χ1v) is 11.6. The lowest BCUT2D eigenvalue weighted by molar-refractivity contribution is 0.370. The van der Waals surface area contributed by atoms with E-state index in [2.05, 4.69) is 97.5 Å². The van der Waals surface area contributed by atoms with Gasteiger partial charge in [0.1, 0.15) is 12.2 Å². The molecule has 0 atom stereocenters. The van der Waals surface area contributed by atoms with Gasteiger partial charge in [0.15, 0.2) is 5.96 Å². The van der Waals surface area contributed by atoms with E-state index in [-0.39, 0.29) is 0 Å². The Balaban J connectivity index is 1.37. The predicted octanol–water partition coefficient (Wildman–Crippen LogP) is 2.85. The summed E-state index contributed by atoms with van der Waals surface area (Å²) in [4.78, 5) is 9.81. The van der Waals surface area contributed by atoms with Crippen molar-refractivity contribution in [1.82, 2.24) is 25.0 Å². The number of benzene rings is 2. The molecule has 0 radical (unpaired) electrons. The van der Waals surface area contributed by atoms with Gasteiger partial charge in [-0.15, -0.1) is 10.2 Å². The van der Waals surface area contributed by atoms with Gasteiger partial charge < -0.3 is 19.7 Å². The zero-order chi connectivity index (χ0) is 22.0. The average molecular weight is 432 g/mol. The molecular formula is C25H33N7. The Morgan fingerprint density at radius 2 is 1.69 bits per heavy atom. The molecule has 0 unspecified atom stereocenters. The van der Waals surface area contributed by atoms with E-state index in [1.54, 1.807) is 0 Å². The highest BCUT2D eigenvalue weighted by Gasteiger charge is 2.20. The summed E-state index contributed by atoms with van der Waals surface area (Å²) in [5, 5.41) is 11.8. The van der Waals surface area contributed by atoms with Crippen LogP contribution >= 0.6 is 0 Å². The van der Waals surface area contributed by atoms with Crippen molar-refractivity contribution >= 4 is 11.6 Å². The molecule has 3 aromatic rings. The fourth-order valence-corrected chi connectivity index (χ4v) is 4.05. The second-order valence-corrected chi connectivity index (χ2v) is 7.97. The van der Waals surface area contributed by atoms with E-state index >= 15 is 0 Å². The molecule has 0 aliphatic carbocycles. The van der Waals surface area contributed by atoms with E-state index in [4.69, 9.17) is 4.99 Å². The molecule has 1 aliphatic heterocycles. The zero-order valence-corrected chi connectivity index (χ0v) is 18.9. The van der Waals surface area contributed by atoms with Gasteiger partial charge in [0.05, 0.1) is 0 Å². The number of aliphatic imine (C=N–C) groups is 1. The van der Waals surface area contributed by atoms with Crippen molar-refractivity contribution in [2.45, 2.75) is 26.3 Å². The SMILES string of the molecule is CCc1nncn1CCNC(=NCCc1ccccc1)N1CCN(c2ccccc2)CC1. The van der Waals surface area contributed by atoms with Gasteiger partial charge >= 0.3 is 0 Å². The summed E-state index contributed by atoms with van der Waals surface area (Å²) in [5.74, 6) is 2.02. The van der Waals surface area contributed by atoms with Crippen LogP contribution in [-0.2, 0) is 19.4 Å². The molecular weight excluding hydrogens is 398 g/mol. The normalized spacial score (nSPS) is 14.6. The number of para-hydroxylation sites is 1. The van der Waals surface area contributed by atoms with Gasteiger partial charge in [0.2, 0.25) is 0 Å². The number of hydrogen-bond acceptors (Lipinski definition) is 4. The number of guanidine groups is 1. The van der Waals surface area contributed by atoms with Gasteiger partial charge in [-0.25, -0.2) is 0 Å². The van der Waals surface area contributed by atoms with Crippen molar-refractivity contribution in [2.75, 3.05) is 44.2 Å². The van der Waals surface area contributed by atoms with Crippen molar-refractivity contribution in [3.8, 4) is 0 Å². The number of aromatic nitrogens is 3. The highest BCUT2D eigenvalue weighted by atomic mass is 15.4. The van der Waals surface area contributed by atoms with E-state index in [1.807, 2.05) is 6.33 Å². The maximum Gasteiger partial charge on any atom is 0.194 e. The van der Waals surface area contributed by atoms with Gasteiger partial charge in [0, 0.05) is 57.9 Å². The maximum atomic E-state index is 4.97. The van der Waals surface area contributed by atoms with Gasteiger partial charge in [-0.2, -0.15) is 0 Å². The minimum absolute atomic E-state index is 0.776. The van der Waals surface area contributed by atoms with Crippen molar-refractivity contribution in [1.29, 1.82) is 0 Å². The summed E-state index contributed by atoms with van der Waals surface area (Å²) in [6.45, 7) is 8.42. The molecule has 1 aromatic heterocycles. The molecule has 1 saturated heterocycles. The number of rotatable bonds is 8. The zero-order valence-electron chi connectivity index (χ0n) is 18.9. The topological polar surface area (TPSA) is 61.6 Å². The highest BCUT2D eigenvalue weighted by molar-refractivity contribution is 5.80. The Hall–Kier alpha value is -3.35. The molecule has 2 heterocycles. The standard InChI is InChI=1S/C25H33N7/c1-2-24-29-28-21-32(24)16-15-27-25(26-14-13-22-9-5-3-6-10-22)31-19-17-30(18-20-31)23-11-7-4-8-12-23/h3-12,21H,2,13-20H2,1H3,(H,26,27). The van der Waals surface area contributed by atoms with Crippen LogP contribution in [0.25, 0.3) is 0 Å². The number of nitrogens with zero attached hydrogens (tertiary/aromatic N) is 6. The second kappa shape index (κ2) is 11.3. The molecule has 7 heteroatoms. The van der Waals surface area contributed by atoms with Crippen LogP contribution < -0.4 is 10.2 Å². The van der Waals surface area contributed by atoms with E-state index < -0.39 is 0 Å². The third-order valence-electron chi connectivity index (χ3n) is 5.85. The number of nitrogens with one attached hydrogen (secondary N) is 1. The lowest BCUT2D eigenvalue weighted by Crippen LogP contribution is -2.53. The van der Waals surface area contributed by atoms with Crippen LogP contribution in [0.5, 0.6) is 0 Å². The fourth-order valence-electron chi connectivity index (χ4n) is 4.05. The largest absolute Gasteiger partial charge is 0.368 e. The van der Waals surface area contributed by atoms with Crippen LogP contribution in [0.4, 0.5) is 5.69 Å². The molecule has 0 amide bonds. The molecule has 4 rings (SSSR count). The van der Waals surface area contributed by atoms with E-state index in [0.717, 1.165) is 70.4 Å². The minimum Gasteiger partial charge on any atom is -0.368 e. The van der Waals surface area contributed by atoms with Crippen molar-refractivity contribution < 1.29 is 0 Å². The quantitative estimate of drug-likeness (QED) is 0.439. The molecule has 0 bridgehead atoms. The van der Waals surface area contributed by atoms with Crippen LogP contribution in [-0.4, -0.2) is 64.9 Å². The van der Waals surface area contributed by atoms with Gasteiger partial charge in [-0.05, 0) is 24.1 Å². The van der Waals surface area contributed by atoms with Gasteiger partial charge in [0.25, 0.3) is 0 Å². The number of hydrogen-bond donors (Lipinski definition) is 1. The van der Waals surface area contributed by atoms with Crippen LogP contribution in [0.2, 0.25) is 0 Å². The Kier molecular flexibility index (Phi) is 7.74. The van der Waals surface area contributed by atoms with E-state index in [0.29, 0.717) is 0 Å². The lowest BCUT2D eigenvalue weighted by atomic mass is 10.2. The van der Waals surface area contributed by atoms with E-state index in [1.165, 1.54) is 11.3 Å². The Morgan fingerprint density at radius 1 is 0.969 bits per heavy atom. The summed E-state index contributed by atoms with van der Waals surface area (Å²) < 4.78 is 2.11. The van der Waals surface area contributed by atoms with Crippen LogP contribution in [0.1, 0.15) is 18.3 Å². The molecule has 168 valence electrons. The van der Waals surface area contributed by atoms with Crippen molar-refractivity contribution in [3.05, 3.63) is 78.4 Å². The first-order chi connectivity index (χ1) is 15.8. The average Bonchev–Trinajstić information content (AvgIpc) is 3.32. The molecule has 32 heavy (non-hydrogen) atoms. The monoisotopic (exact) mass is 431 g/mol. The van der Waals surface area contributed by atoms with Gasteiger partial charge in [-0.1, -0.05) is 55.5 Å². The predicted molar refractivity (Wildman–Crippen MR) is 130 cm³/mol. The number of piperazine rings is 1. The van der Waals surface area contributed by atoms with Crippen LogP contribution in [0.3, 0.4) is 0 Å². The Bertz CT molecular complexity index is 960. The Morgan fingerprint density at radius 3 is 2.41 bits per heavy atom. The summed E-state index contributed by atoms with van der Waals surface area (Å²) in [6, 6.07) is 21.2. The summed E-state index contributed by atoms with van der Waals surface area (Å²) >= 11 is 0. The summed E-state index contributed by atoms with van der Waals surface area (Å²) in [7, 11) is 0. The molecule has 7 nitrogen and oxygen atoms in total. The summed E-state index contributed by atoms with van der Waals surface area (Å²) in [6.07, 6.45) is 3.65. The molecule has 0 saturated carbocycles. The van der Waals surface area contributed by atoms with Crippen molar-refractivity contribution in [2.24, 2.45) is 4.99 Å². The van der Waals surface area contributed by atoms with Crippen molar-refractivity contribution in [3.63, 3.8) is 0 Å². The lowest BCUT2D eigenvalue weighted by Gasteiger charge is -2.37. The number of aryl methyl sites for hydroxylation is 1. The minimum atomic E-state index is 0.776. The fraction of sp³-hybridized carbons (Fsp3) is 0.400. The third kappa shape index (κ3) is 5.87. The van der Waals surface area contributed by atoms with E-state index in [9.17, 15) is 0 Å².